The van der Waals surface area contributed by atoms with Crippen LogP contribution in [0.4, 0.5) is 0 Å². The van der Waals surface area contributed by atoms with Gasteiger partial charge in [0.2, 0.25) is 0 Å². The first-order chi connectivity index (χ1) is 9.45. The van der Waals surface area contributed by atoms with Crippen LogP contribution in [0, 0.1) is 12.1 Å². The first-order valence-electron chi connectivity index (χ1n) is 7.11. The molecule has 0 saturated carbocycles. The maximum absolute atomic E-state index is 3.46. The lowest BCUT2D eigenvalue weighted by Gasteiger charge is -2.22. The largest absolute Gasteiger partial charge is 0.181 e. The van der Waals surface area contributed by atoms with Crippen LogP contribution in [-0.4, -0.2) is 0 Å². The summed E-state index contributed by atoms with van der Waals surface area (Å²) in [6, 6.07) is 23.8. The molecule has 0 aromatic carbocycles. The van der Waals surface area contributed by atoms with E-state index in [0.717, 1.165) is 12.8 Å². The van der Waals surface area contributed by atoms with Crippen molar-refractivity contribution in [2.75, 3.05) is 0 Å². The minimum Gasteiger partial charge on any atom is -0.181 e. The van der Waals surface area contributed by atoms with Gasteiger partial charge >= 0.3 is 0 Å². The van der Waals surface area contributed by atoms with Gasteiger partial charge in [-0.2, -0.15) is 58.7 Å². The lowest BCUT2D eigenvalue weighted by molar-refractivity contribution is 0.683. The van der Waals surface area contributed by atoms with Gasteiger partial charge in [-0.1, -0.05) is 32.1 Å². The maximum Gasteiger partial charge on any atom is -0.0513 e. The number of rotatable bonds is 0. The lowest BCUT2D eigenvalue weighted by Crippen LogP contribution is -1.91. The van der Waals surface area contributed by atoms with Gasteiger partial charge in [-0.05, 0) is 0 Å². The first kappa shape index (κ1) is 12.2. The van der Waals surface area contributed by atoms with Crippen LogP contribution in [0.25, 0.3) is 11.1 Å². The van der Waals surface area contributed by atoms with Crippen molar-refractivity contribution in [1.29, 1.82) is 0 Å². The van der Waals surface area contributed by atoms with Gasteiger partial charge in [0.1, 0.15) is 0 Å². The van der Waals surface area contributed by atoms with Crippen molar-refractivity contribution in [3.05, 3.63) is 71.8 Å². The fourth-order valence-corrected chi connectivity index (χ4v) is 2.77. The van der Waals surface area contributed by atoms with E-state index in [-0.39, 0.29) is 0 Å². The van der Waals surface area contributed by atoms with Crippen LogP contribution in [-0.2, 0) is 12.8 Å². The maximum atomic E-state index is 3.46. The van der Waals surface area contributed by atoms with Gasteiger partial charge in [0.15, 0.2) is 0 Å². The summed E-state index contributed by atoms with van der Waals surface area (Å²) in [5, 5.41) is 0. The molecular weight excluding hydrogens is 228 g/mol. The summed E-state index contributed by atoms with van der Waals surface area (Å²) in [6.45, 7) is 0. The Hall–Kier alpha value is -1.82. The molecule has 0 radical (unpaired) electrons. The highest BCUT2D eigenvalue weighted by molar-refractivity contribution is 5.69. The Morgan fingerprint density at radius 2 is 1.16 bits per heavy atom. The second kappa shape index (κ2) is 5.88. The second-order valence-corrected chi connectivity index (χ2v) is 5.07. The molecule has 0 N–H and O–H groups in total. The third-order valence-corrected chi connectivity index (χ3v) is 3.75. The summed E-state index contributed by atoms with van der Waals surface area (Å²) >= 11 is 0. The van der Waals surface area contributed by atoms with E-state index in [4.69, 9.17) is 0 Å². The summed E-state index contributed by atoms with van der Waals surface area (Å²) in [7, 11) is 0. The number of hydrogen-bond donors (Lipinski definition) is 0. The van der Waals surface area contributed by atoms with Crippen LogP contribution in [0.2, 0.25) is 0 Å². The third-order valence-electron chi connectivity index (χ3n) is 3.75. The SMILES string of the molecule is [c-]1ccccc2c3[c-]ccccc-2c1CCCCC3. The topological polar surface area (TPSA) is 0 Å². The third kappa shape index (κ3) is 2.78. The fourth-order valence-electron chi connectivity index (χ4n) is 2.77. The number of aryl methyl sites for hydroxylation is 2. The Morgan fingerprint density at radius 1 is 0.632 bits per heavy atom. The Balaban J connectivity index is 2.37. The van der Waals surface area contributed by atoms with Gasteiger partial charge < -0.3 is 0 Å². The lowest BCUT2D eigenvalue weighted by atomic mass is 9.94. The van der Waals surface area contributed by atoms with Gasteiger partial charge in [-0.25, -0.2) is 0 Å². The summed E-state index contributed by atoms with van der Waals surface area (Å²) < 4.78 is 0. The Bertz CT molecular complexity index is 529. The molecule has 0 spiro atoms. The minimum absolute atomic E-state index is 1.12. The smallest absolute Gasteiger partial charge is 0.0513 e. The zero-order valence-electron chi connectivity index (χ0n) is 11.2. The predicted molar refractivity (Wildman–Crippen MR) is 79.6 cm³/mol. The van der Waals surface area contributed by atoms with Crippen molar-refractivity contribution >= 4 is 0 Å². The molecule has 3 aliphatic carbocycles. The highest BCUT2D eigenvalue weighted by atomic mass is 14.1. The van der Waals surface area contributed by atoms with E-state index in [1.165, 1.54) is 41.5 Å². The highest BCUT2D eigenvalue weighted by Gasteiger charge is 2.00. The van der Waals surface area contributed by atoms with E-state index in [9.17, 15) is 0 Å². The zero-order chi connectivity index (χ0) is 12.9. The molecule has 0 amide bonds. The average Bonchev–Trinajstić information content (AvgIpc) is 2.47. The second-order valence-electron chi connectivity index (χ2n) is 5.07. The standard InChI is InChI=1S/C19H18/c1-4-10-16-12-6-2-8-14-18-17(11-5-1)13-7-3-9-15-19(16)18/h2-3,6-9,14-15H,1,4-5,10-11H2/q-2. The molecule has 3 rings (SSSR count). The molecule has 0 unspecified atom stereocenters. The zero-order valence-corrected chi connectivity index (χ0v) is 11.2. The molecule has 0 nitrogen and oxygen atoms in total. The summed E-state index contributed by atoms with van der Waals surface area (Å²) in [5.74, 6) is 0. The predicted octanol–water partition coefficient (Wildman–Crippen LogP) is 4.79. The minimum atomic E-state index is 1.12. The van der Waals surface area contributed by atoms with Gasteiger partial charge in [0.05, 0.1) is 0 Å². The molecule has 0 fully saturated rings. The van der Waals surface area contributed by atoms with Gasteiger partial charge in [-0.3, -0.25) is 0 Å². The van der Waals surface area contributed by atoms with Crippen LogP contribution in [0.1, 0.15) is 30.4 Å². The number of hydrogen-bond acceptors (Lipinski definition) is 0. The first-order valence-corrected chi connectivity index (χ1v) is 7.11. The van der Waals surface area contributed by atoms with Crippen LogP contribution in [0.5, 0.6) is 0 Å². The van der Waals surface area contributed by atoms with E-state index in [1.807, 2.05) is 12.1 Å². The molecule has 0 atom stereocenters. The van der Waals surface area contributed by atoms with E-state index >= 15 is 0 Å². The normalized spacial score (nSPS) is 14.3. The van der Waals surface area contributed by atoms with Crippen molar-refractivity contribution in [1.82, 2.24) is 0 Å². The van der Waals surface area contributed by atoms with E-state index in [2.05, 4.69) is 48.5 Å². The van der Waals surface area contributed by atoms with Crippen LogP contribution in [0.3, 0.4) is 0 Å². The molecule has 96 valence electrons. The molecule has 0 aromatic rings. The van der Waals surface area contributed by atoms with E-state index < -0.39 is 0 Å². The van der Waals surface area contributed by atoms with Crippen molar-refractivity contribution < 1.29 is 0 Å². The average molecular weight is 246 g/mol. The quantitative estimate of drug-likeness (QED) is 0.586. The summed E-state index contributed by atoms with van der Waals surface area (Å²) in [4.78, 5) is 0. The van der Waals surface area contributed by atoms with Crippen molar-refractivity contribution in [2.45, 2.75) is 32.1 Å². The summed E-state index contributed by atoms with van der Waals surface area (Å²) in [6.07, 6.45) is 6.05. The molecular formula is C19H18-2. The molecule has 0 heteroatoms. The Labute approximate surface area is 115 Å². The molecule has 3 aliphatic rings. The van der Waals surface area contributed by atoms with Gasteiger partial charge in [0, 0.05) is 0 Å². The molecule has 4 bridgehead atoms. The van der Waals surface area contributed by atoms with Crippen molar-refractivity contribution in [2.24, 2.45) is 0 Å². The summed E-state index contributed by atoms with van der Waals surface area (Å²) in [5.41, 5.74) is 5.33. The molecule has 0 heterocycles. The van der Waals surface area contributed by atoms with E-state index in [0.29, 0.717) is 0 Å². The molecule has 19 heavy (non-hydrogen) atoms. The van der Waals surface area contributed by atoms with Gasteiger partial charge in [-0.15, -0.1) is 24.3 Å². The Morgan fingerprint density at radius 3 is 1.68 bits per heavy atom. The Kier molecular flexibility index (Phi) is 3.78. The van der Waals surface area contributed by atoms with Crippen molar-refractivity contribution in [3.63, 3.8) is 0 Å². The van der Waals surface area contributed by atoms with Crippen LogP contribution in [0.15, 0.2) is 48.5 Å². The molecule has 0 aliphatic heterocycles. The van der Waals surface area contributed by atoms with E-state index in [1.54, 1.807) is 0 Å². The monoisotopic (exact) mass is 246 g/mol. The van der Waals surface area contributed by atoms with Crippen LogP contribution < -0.4 is 0 Å². The molecule has 0 aromatic heterocycles. The van der Waals surface area contributed by atoms with Gasteiger partial charge in [0.25, 0.3) is 0 Å². The van der Waals surface area contributed by atoms with Crippen LogP contribution >= 0.6 is 0 Å². The fraction of sp³-hybridized carbons (Fsp3) is 0.263. The molecule has 0 saturated heterocycles. The highest BCUT2D eigenvalue weighted by Crippen LogP contribution is 2.29. The van der Waals surface area contributed by atoms with Crippen molar-refractivity contribution in [3.8, 4) is 11.1 Å².